The summed E-state index contributed by atoms with van der Waals surface area (Å²) in [6, 6.07) is 13.5. The topological polar surface area (TPSA) is 114 Å². The molecule has 0 aliphatic carbocycles. The summed E-state index contributed by atoms with van der Waals surface area (Å²) in [4.78, 5) is 40.8. The average Bonchev–Trinajstić information content (AvgIpc) is 3.08. The van der Waals surface area contributed by atoms with Crippen molar-refractivity contribution in [1.29, 1.82) is 0 Å². The van der Waals surface area contributed by atoms with E-state index >= 15 is 0 Å². The maximum Gasteiger partial charge on any atom is 0.356 e. The van der Waals surface area contributed by atoms with Gasteiger partial charge in [-0.1, -0.05) is 38.1 Å². The minimum atomic E-state index is -1.15. The van der Waals surface area contributed by atoms with E-state index in [1.54, 1.807) is 18.2 Å². The Hall–Kier alpha value is -3.94. The molecule has 0 saturated carbocycles. The van der Waals surface area contributed by atoms with E-state index in [1.165, 1.54) is 30.1 Å². The highest BCUT2D eigenvalue weighted by atomic mass is 16.5. The van der Waals surface area contributed by atoms with E-state index in [4.69, 9.17) is 4.74 Å². The van der Waals surface area contributed by atoms with E-state index in [0.717, 1.165) is 5.56 Å². The Morgan fingerprint density at radius 3 is 2.57 bits per heavy atom. The van der Waals surface area contributed by atoms with E-state index < -0.39 is 17.5 Å². The SMILES string of the molecule is COC(=O)c1[nH]n(-c2cccc(C(C)C)c2)c(=O)c1C=Nc1ccccc1C(=O)O. The van der Waals surface area contributed by atoms with E-state index in [1.807, 2.05) is 32.0 Å². The Bertz CT molecular complexity index is 1190. The summed E-state index contributed by atoms with van der Waals surface area (Å²) in [6.45, 7) is 4.07. The number of aromatic nitrogens is 2. The van der Waals surface area contributed by atoms with Crippen LogP contribution in [0.1, 0.15) is 51.7 Å². The van der Waals surface area contributed by atoms with E-state index in [2.05, 4.69) is 10.1 Å². The largest absolute Gasteiger partial charge is 0.478 e. The van der Waals surface area contributed by atoms with Gasteiger partial charge in [0.15, 0.2) is 5.69 Å². The number of nitrogens with zero attached hydrogens (tertiary/aromatic N) is 2. The number of carbonyl (C=O) groups excluding carboxylic acids is 1. The van der Waals surface area contributed by atoms with Crippen LogP contribution >= 0.6 is 0 Å². The number of hydrogen-bond acceptors (Lipinski definition) is 5. The molecule has 0 aliphatic heterocycles. The number of ether oxygens (including phenoxy) is 1. The van der Waals surface area contributed by atoms with Crippen LogP contribution in [-0.4, -0.2) is 40.2 Å². The van der Waals surface area contributed by atoms with Crippen molar-refractivity contribution < 1.29 is 19.4 Å². The smallest absolute Gasteiger partial charge is 0.356 e. The number of esters is 1. The van der Waals surface area contributed by atoms with Crippen LogP contribution in [0.5, 0.6) is 0 Å². The first-order chi connectivity index (χ1) is 14.3. The van der Waals surface area contributed by atoms with Gasteiger partial charge in [0.2, 0.25) is 0 Å². The van der Waals surface area contributed by atoms with Crippen LogP contribution in [0.4, 0.5) is 5.69 Å². The summed E-state index contributed by atoms with van der Waals surface area (Å²) in [5.41, 5.74) is 1.11. The molecule has 2 N–H and O–H groups in total. The van der Waals surface area contributed by atoms with Gasteiger partial charge in [-0.3, -0.25) is 14.9 Å². The highest BCUT2D eigenvalue weighted by Crippen LogP contribution is 2.20. The van der Waals surface area contributed by atoms with Crippen LogP contribution < -0.4 is 5.56 Å². The van der Waals surface area contributed by atoms with Crippen molar-refractivity contribution in [3.63, 3.8) is 0 Å². The van der Waals surface area contributed by atoms with Crippen molar-refractivity contribution in [2.45, 2.75) is 19.8 Å². The molecule has 0 fully saturated rings. The standard InChI is InChI=1S/C22H21N3O5/c1-13(2)14-7-6-8-15(11-14)25-20(26)17(19(24-25)22(29)30-3)12-23-18-10-5-4-9-16(18)21(27)28/h4-13,24H,1-3H3,(H,27,28). The molecule has 1 aromatic heterocycles. The molecule has 8 nitrogen and oxygen atoms in total. The molecule has 0 atom stereocenters. The first-order valence-corrected chi connectivity index (χ1v) is 9.23. The highest BCUT2D eigenvalue weighted by molar-refractivity contribution is 5.99. The van der Waals surface area contributed by atoms with Crippen LogP contribution in [0.2, 0.25) is 0 Å². The first kappa shape index (κ1) is 20.8. The van der Waals surface area contributed by atoms with Gasteiger partial charge in [0.25, 0.3) is 5.56 Å². The summed E-state index contributed by atoms with van der Waals surface area (Å²) in [5, 5.41) is 12.1. The predicted octanol–water partition coefficient (Wildman–Crippen LogP) is 3.52. The van der Waals surface area contributed by atoms with E-state index in [9.17, 15) is 19.5 Å². The van der Waals surface area contributed by atoms with Crippen molar-refractivity contribution in [2.24, 2.45) is 4.99 Å². The zero-order chi connectivity index (χ0) is 21.8. The monoisotopic (exact) mass is 407 g/mol. The summed E-state index contributed by atoms with van der Waals surface area (Å²) in [5.74, 6) is -1.63. The number of aliphatic imine (C=N–C) groups is 1. The summed E-state index contributed by atoms with van der Waals surface area (Å²) >= 11 is 0. The fourth-order valence-corrected chi connectivity index (χ4v) is 2.93. The molecule has 8 heteroatoms. The maximum absolute atomic E-state index is 13.0. The molecule has 0 unspecified atom stereocenters. The second kappa shape index (κ2) is 8.60. The van der Waals surface area contributed by atoms with Gasteiger partial charge in [-0.15, -0.1) is 0 Å². The zero-order valence-corrected chi connectivity index (χ0v) is 16.7. The molecule has 154 valence electrons. The quantitative estimate of drug-likeness (QED) is 0.479. The van der Waals surface area contributed by atoms with Gasteiger partial charge in [-0.2, -0.15) is 0 Å². The van der Waals surface area contributed by atoms with Crippen LogP contribution in [0.25, 0.3) is 5.69 Å². The molecule has 0 saturated heterocycles. The number of aromatic amines is 1. The highest BCUT2D eigenvalue weighted by Gasteiger charge is 2.21. The van der Waals surface area contributed by atoms with Crippen molar-refractivity contribution in [3.05, 3.63) is 81.3 Å². The summed E-state index contributed by atoms with van der Waals surface area (Å²) < 4.78 is 6.02. The van der Waals surface area contributed by atoms with Gasteiger partial charge >= 0.3 is 11.9 Å². The third-order valence-corrected chi connectivity index (χ3v) is 4.58. The Balaban J connectivity index is 2.14. The minimum absolute atomic E-state index is 0.0196. The Morgan fingerprint density at radius 1 is 1.17 bits per heavy atom. The number of carboxylic acid groups (broad SMARTS) is 1. The lowest BCUT2D eigenvalue weighted by Gasteiger charge is -2.08. The van der Waals surface area contributed by atoms with Gasteiger partial charge in [-0.25, -0.2) is 14.3 Å². The zero-order valence-electron chi connectivity index (χ0n) is 16.7. The predicted molar refractivity (Wildman–Crippen MR) is 112 cm³/mol. The average molecular weight is 407 g/mol. The van der Waals surface area contributed by atoms with Crippen LogP contribution in [0.15, 0.2) is 58.3 Å². The summed E-state index contributed by atoms with van der Waals surface area (Å²) in [6.07, 6.45) is 1.18. The molecule has 0 amide bonds. The number of aromatic carboxylic acids is 1. The molecule has 0 bridgehead atoms. The number of carboxylic acids is 1. The Kier molecular flexibility index (Phi) is 5.96. The molecule has 1 heterocycles. The summed E-state index contributed by atoms with van der Waals surface area (Å²) in [7, 11) is 1.21. The molecular formula is C22H21N3O5. The van der Waals surface area contributed by atoms with Gasteiger partial charge < -0.3 is 9.84 Å². The van der Waals surface area contributed by atoms with Crippen molar-refractivity contribution in [2.75, 3.05) is 7.11 Å². The number of H-pyrrole nitrogens is 1. The fourth-order valence-electron chi connectivity index (χ4n) is 2.93. The molecule has 2 aromatic carbocycles. The number of para-hydroxylation sites is 1. The van der Waals surface area contributed by atoms with E-state index in [-0.39, 0.29) is 28.4 Å². The second-order valence-corrected chi connectivity index (χ2v) is 6.86. The lowest BCUT2D eigenvalue weighted by Crippen LogP contribution is -2.17. The van der Waals surface area contributed by atoms with Crippen LogP contribution in [0.3, 0.4) is 0 Å². The normalized spacial score (nSPS) is 11.2. The number of nitrogens with one attached hydrogen (secondary N) is 1. The number of carbonyl (C=O) groups is 2. The number of rotatable bonds is 6. The molecule has 0 spiro atoms. The van der Waals surface area contributed by atoms with Gasteiger partial charge in [-0.05, 0) is 35.7 Å². The Morgan fingerprint density at radius 2 is 1.90 bits per heavy atom. The van der Waals surface area contributed by atoms with Gasteiger partial charge in [0, 0.05) is 6.21 Å². The first-order valence-electron chi connectivity index (χ1n) is 9.23. The fraction of sp³-hybridized carbons (Fsp3) is 0.182. The van der Waals surface area contributed by atoms with Crippen molar-refractivity contribution in [3.8, 4) is 5.69 Å². The number of hydrogen-bond donors (Lipinski definition) is 2. The van der Waals surface area contributed by atoms with Gasteiger partial charge in [0.1, 0.15) is 0 Å². The molecular weight excluding hydrogens is 386 g/mol. The molecule has 0 aliphatic rings. The van der Waals surface area contributed by atoms with Crippen molar-refractivity contribution >= 4 is 23.8 Å². The van der Waals surface area contributed by atoms with E-state index in [0.29, 0.717) is 5.69 Å². The molecule has 3 rings (SSSR count). The second-order valence-electron chi connectivity index (χ2n) is 6.86. The molecule has 0 radical (unpaired) electrons. The Labute approximate surface area is 172 Å². The lowest BCUT2D eigenvalue weighted by atomic mass is 10.0. The molecule has 3 aromatic rings. The van der Waals surface area contributed by atoms with Crippen molar-refractivity contribution in [1.82, 2.24) is 9.78 Å². The van der Waals surface area contributed by atoms with Crippen LogP contribution in [0, 0.1) is 0 Å². The van der Waals surface area contributed by atoms with Gasteiger partial charge in [0.05, 0.1) is 29.6 Å². The number of benzene rings is 2. The third-order valence-electron chi connectivity index (χ3n) is 4.58. The molecule has 30 heavy (non-hydrogen) atoms. The minimum Gasteiger partial charge on any atom is -0.478 e. The van der Waals surface area contributed by atoms with Crippen LogP contribution in [-0.2, 0) is 4.74 Å². The third kappa shape index (κ3) is 4.07. The number of methoxy groups -OCH3 is 1. The maximum atomic E-state index is 13.0. The lowest BCUT2D eigenvalue weighted by molar-refractivity contribution is 0.0592.